The summed E-state index contributed by atoms with van der Waals surface area (Å²) in [5, 5.41) is 4.85. The fourth-order valence-corrected chi connectivity index (χ4v) is 6.56. The molecule has 1 saturated heterocycles. The number of pyridine rings is 2. The first kappa shape index (κ1) is 26.9. The molecule has 0 aromatic carbocycles. The quantitative estimate of drug-likeness (QED) is 0.322. The van der Waals surface area contributed by atoms with Crippen molar-refractivity contribution >= 4 is 48.9 Å². The molecule has 6 heterocycles. The minimum Gasteiger partial charge on any atom is -0.361 e. The van der Waals surface area contributed by atoms with Gasteiger partial charge in [-0.2, -0.15) is 0 Å². The van der Waals surface area contributed by atoms with Gasteiger partial charge in [-0.25, -0.2) is 4.98 Å². The van der Waals surface area contributed by atoms with Gasteiger partial charge in [0.2, 0.25) is 0 Å². The van der Waals surface area contributed by atoms with Crippen molar-refractivity contribution in [2.24, 2.45) is 4.99 Å². The van der Waals surface area contributed by atoms with Gasteiger partial charge in [0.15, 0.2) is 0 Å². The van der Waals surface area contributed by atoms with E-state index in [1.807, 2.05) is 35.9 Å². The van der Waals surface area contributed by atoms with Crippen molar-refractivity contribution in [1.82, 2.24) is 24.6 Å². The summed E-state index contributed by atoms with van der Waals surface area (Å²) in [7, 11) is -1.19. The molecule has 210 valence electrons. The summed E-state index contributed by atoms with van der Waals surface area (Å²) in [4.78, 5) is 32.1. The van der Waals surface area contributed by atoms with Crippen molar-refractivity contribution in [3.63, 3.8) is 0 Å². The van der Waals surface area contributed by atoms with E-state index in [1.165, 1.54) is 12.8 Å². The van der Waals surface area contributed by atoms with Crippen LogP contribution in [-0.4, -0.2) is 78.0 Å². The van der Waals surface area contributed by atoms with Crippen molar-refractivity contribution in [2.45, 2.75) is 64.5 Å². The normalized spacial score (nSPS) is 20.3. The van der Waals surface area contributed by atoms with Gasteiger partial charge in [-0.05, 0) is 57.5 Å². The highest BCUT2D eigenvalue weighted by molar-refractivity contribution is 6.76. The van der Waals surface area contributed by atoms with Crippen molar-refractivity contribution in [1.29, 1.82) is 0 Å². The summed E-state index contributed by atoms with van der Waals surface area (Å²) in [6.45, 7) is 14.7. The summed E-state index contributed by atoms with van der Waals surface area (Å²) < 4.78 is 8.23. The van der Waals surface area contributed by atoms with Gasteiger partial charge in [0.05, 0.1) is 46.4 Å². The molecular formula is C30H39N7O2Si. The van der Waals surface area contributed by atoms with E-state index in [0.29, 0.717) is 24.0 Å². The minimum atomic E-state index is -1.19. The van der Waals surface area contributed by atoms with E-state index in [2.05, 4.69) is 52.7 Å². The molecule has 3 aliphatic heterocycles. The average molecular weight is 558 g/mol. The Hall–Kier alpha value is -3.34. The third-order valence-electron chi connectivity index (χ3n) is 8.27. The molecule has 0 aliphatic carbocycles. The maximum atomic E-state index is 13.2. The van der Waals surface area contributed by atoms with Gasteiger partial charge in [0.25, 0.3) is 5.91 Å². The van der Waals surface area contributed by atoms with E-state index in [1.54, 1.807) is 12.4 Å². The first-order valence-electron chi connectivity index (χ1n) is 14.3. The number of anilines is 1. The zero-order chi connectivity index (χ0) is 28.0. The summed E-state index contributed by atoms with van der Waals surface area (Å²) in [6.07, 6.45) is 12.0. The fraction of sp³-hybridized carbons (Fsp3) is 0.467. The molecule has 0 bridgehead atoms. The standard InChI is InChI=1S/C30H39N7O2Si/c1-20-7-6-9-35(20)18-24-14-26-29(37(24)19-39-11-12-40(3,4)5)28-25(16-32-26)27(17-33-28)34-30(38)22-8-10-36-21(2)31-15-23(36)13-22/h8,10,13-17,20,24H,6-7,9,11-12,18-19H2,1-5H3,(H,34,38)/t20-,24?/m0/s1. The predicted molar refractivity (Wildman–Crippen MR) is 162 cm³/mol. The van der Waals surface area contributed by atoms with Gasteiger partial charge >= 0.3 is 0 Å². The molecule has 40 heavy (non-hydrogen) atoms. The van der Waals surface area contributed by atoms with Crippen molar-refractivity contribution in [2.75, 3.05) is 31.3 Å². The van der Waals surface area contributed by atoms with Gasteiger partial charge in [-0.3, -0.25) is 19.7 Å². The van der Waals surface area contributed by atoms with Gasteiger partial charge in [-0.1, -0.05) is 19.6 Å². The molecule has 0 radical (unpaired) electrons. The Morgan fingerprint density at radius 3 is 2.85 bits per heavy atom. The number of carbonyl (C=O) groups is 1. The van der Waals surface area contributed by atoms with Gasteiger partial charge in [0.1, 0.15) is 12.6 Å². The predicted octanol–water partition coefficient (Wildman–Crippen LogP) is 3.06. The van der Waals surface area contributed by atoms with Crippen LogP contribution in [0.3, 0.4) is 0 Å². The number of nitrogens with zero attached hydrogens (tertiary/aromatic N) is 6. The van der Waals surface area contributed by atoms with E-state index in [9.17, 15) is 4.79 Å². The zero-order valence-electron chi connectivity index (χ0n) is 24.1. The van der Waals surface area contributed by atoms with E-state index in [4.69, 9.17) is 14.7 Å². The third-order valence-corrected chi connectivity index (χ3v) is 9.98. The third kappa shape index (κ3) is 5.23. The number of hydrogen-bond acceptors (Lipinski definition) is 7. The Bertz CT molecular complexity index is 1610. The number of aromatic nitrogens is 3. The zero-order valence-corrected chi connectivity index (χ0v) is 25.1. The van der Waals surface area contributed by atoms with Crippen LogP contribution in [0.2, 0.25) is 25.7 Å². The number of ether oxygens (including phenoxy) is 1. The first-order valence-corrected chi connectivity index (χ1v) is 18.0. The molecule has 0 saturated carbocycles. The fourth-order valence-electron chi connectivity index (χ4n) is 5.80. The molecule has 9 nitrogen and oxygen atoms in total. The highest BCUT2D eigenvalue weighted by atomic mass is 28.3. The number of aryl methyl sites for hydroxylation is 1. The molecule has 10 heteroatoms. The Balaban J connectivity index is 1.28. The van der Waals surface area contributed by atoms with Crippen LogP contribution in [0.4, 0.5) is 11.4 Å². The summed E-state index contributed by atoms with van der Waals surface area (Å²) in [5.41, 5.74) is 3.97. The van der Waals surface area contributed by atoms with Crippen LogP contribution in [0.1, 0.15) is 35.9 Å². The van der Waals surface area contributed by atoms with Crippen molar-refractivity contribution in [3.05, 3.63) is 52.7 Å². The van der Waals surface area contributed by atoms with Gasteiger partial charge in [-0.15, -0.1) is 0 Å². The smallest absolute Gasteiger partial charge is 0.255 e. The van der Waals surface area contributed by atoms with Gasteiger partial charge in [0, 0.05) is 50.4 Å². The number of amides is 1. The highest BCUT2D eigenvalue weighted by Gasteiger charge is 2.33. The van der Waals surface area contributed by atoms with E-state index in [-0.39, 0.29) is 11.9 Å². The first-order chi connectivity index (χ1) is 19.2. The maximum Gasteiger partial charge on any atom is 0.255 e. The van der Waals surface area contributed by atoms with Crippen LogP contribution in [0, 0.1) is 6.92 Å². The number of fused-ring (bicyclic) bond motifs is 4. The van der Waals surface area contributed by atoms with E-state index >= 15 is 0 Å². The summed E-state index contributed by atoms with van der Waals surface area (Å²) in [5.74, 6) is 0.701. The number of nitrogens with one attached hydrogen (secondary N) is 1. The molecular weight excluding hydrogens is 518 g/mol. The largest absolute Gasteiger partial charge is 0.361 e. The van der Waals surface area contributed by atoms with Crippen molar-refractivity contribution < 1.29 is 9.53 Å². The number of aliphatic imine (C=N–C) groups is 1. The second-order valence-electron chi connectivity index (χ2n) is 12.4. The Morgan fingerprint density at radius 1 is 1.23 bits per heavy atom. The molecule has 1 fully saturated rings. The minimum absolute atomic E-state index is 0.168. The van der Waals surface area contributed by atoms with Gasteiger partial charge < -0.3 is 19.4 Å². The topological polar surface area (TPSA) is 87.4 Å². The summed E-state index contributed by atoms with van der Waals surface area (Å²) in [6, 6.07) is 5.54. The molecule has 3 aromatic heterocycles. The molecule has 1 unspecified atom stereocenters. The lowest BCUT2D eigenvalue weighted by molar-refractivity contribution is 0.0974. The molecule has 2 atom stereocenters. The lowest BCUT2D eigenvalue weighted by Crippen LogP contribution is -2.43. The Morgan fingerprint density at radius 2 is 2.08 bits per heavy atom. The van der Waals surface area contributed by atoms with Crippen LogP contribution in [-0.2, 0) is 4.74 Å². The van der Waals surface area contributed by atoms with Crippen LogP contribution in [0.15, 0.2) is 35.7 Å². The molecule has 0 spiro atoms. The van der Waals surface area contributed by atoms with Crippen LogP contribution < -0.4 is 20.8 Å². The Labute approximate surface area is 236 Å². The number of imidazole rings is 1. The highest BCUT2D eigenvalue weighted by Crippen LogP contribution is 2.30. The number of rotatable bonds is 9. The monoisotopic (exact) mass is 557 g/mol. The van der Waals surface area contributed by atoms with Crippen LogP contribution in [0.5, 0.6) is 0 Å². The molecule has 1 N–H and O–H groups in total. The second kappa shape index (κ2) is 10.6. The Kier molecular flexibility index (Phi) is 7.10. The SMILES string of the molecule is Cc1ncc2cc(C(=O)NC3=c4cnc5c(c4N=C3)N(COCC[Si](C)(C)C)C(CN3CCC[C@@H]3C)C=5)ccn12. The summed E-state index contributed by atoms with van der Waals surface area (Å²) >= 11 is 0. The lowest BCUT2D eigenvalue weighted by atomic mass is 10.2. The van der Waals surface area contributed by atoms with Crippen LogP contribution in [0.25, 0.3) is 17.3 Å². The molecule has 3 aromatic rings. The lowest BCUT2D eigenvalue weighted by Gasteiger charge is -2.32. The molecule has 6 rings (SSSR count). The van der Waals surface area contributed by atoms with Crippen molar-refractivity contribution in [3.8, 4) is 0 Å². The molecule has 3 aliphatic rings. The number of carbonyl (C=O) groups excluding carboxylic acids is 1. The molecule has 1 amide bonds. The van der Waals surface area contributed by atoms with E-state index in [0.717, 1.165) is 59.0 Å². The number of hydrogen-bond donors (Lipinski definition) is 1. The van der Waals surface area contributed by atoms with Crippen LogP contribution >= 0.6 is 0 Å². The maximum absolute atomic E-state index is 13.2. The average Bonchev–Trinajstić information content (AvgIpc) is 3.68. The number of likely N-dealkylation sites (tertiary alicyclic amines) is 1. The second-order valence-corrected chi connectivity index (χ2v) is 18.1. The van der Waals surface area contributed by atoms with E-state index < -0.39 is 8.07 Å².